The molecule has 8 heteroatoms. The second kappa shape index (κ2) is 5.38. The summed E-state index contributed by atoms with van der Waals surface area (Å²) in [4.78, 5) is 24.3. The minimum Gasteiger partial charge on any atom is -0.391 e. The van der Waals surface area contributed by atoms with Crippen LogP contribution >= 0.6 is 0 Å². The van der Waals surface area contributed by atoms with Crippen molar-refractivity contribution >= 4 is 28.2 Å². The largest absolute Gasteiger partial charge is 0.391 e. The molecule has 2 aromatic rings. The number of benzene rings is 1. The summed E-state index contributed by atoms with van der Waals surface area (Å²) in [6.45, 7) is 2.38. The monoisotopic (exact) mass is 304 g/mol. The van der Waals surface area contributed by atoms with Crippen LogP contribution in [0.3, 0.4) is 0 Å². The first-order chi connectivity index (χ1) is 10.5. The zero-order chi connectivity index (χ0) is 15.9. The fourth-order valence-corrected chi connectivity index (χ4v) is 2.87. The third-order valence-corrected chi connectivity index (χ3v) is 3.90. The van der Waals surface area contributed by atoms with E-state index >= 15 is 0 Å². The highest BCUT2D eigenvalue weighted by Crippen LogP contribution is 2.34. The van der Waals surface area contributed by atoms with Crippen LogP contribution in [0.15, 0.2) is 18.3 Å². The molecule has 1 aromatic heterocycles. The number of piperidine rings is 1. The van der Waals surface area contributed by atoms with Crippen molar-refractivity contribution in [1.29, 1.82) is 0 Å². The summed E-state index contributed by atoms with van der Waals surface area (Å²) in [5.41, 5.74) is 0.796. The fourth-order valence-electron chi connectivity index (χ4n) is 2.87. The van der Waals surface area contributed by atoms with Gasteiger partial charge in [-0.1, -0.05) is 0 Å². The van der Waals surface area contributed by atoms with Crippen LogP contribution in [0.5, 0.6) is 0 Å². The number of fused-ring (bicyclic) bond motifs is 1. The van der Waals surface area contributed by atoms with Crippen LogP contribution in [0, 0.1) is 10.1 Å². The standard InChI is InChI=1S/C14H16N4O4/c1-9(19)17-12-6-14(18(21)22)13(5-10(12)7-15-17)16-4-2-3-11(20)8-16/h5-7,11,20H,2-4,8H2,1H3. The van der Waals surface area contributed by atoms with Gasteiger partial charge >= 0.3 is 0 Å². The highest BCUT2D eigenvalue weighted by Gasteiger charge is 2.26. The predicted molar refractivity (Wildman–Crippen MR) is 80.1 cm³/mol. The maximum absolute atomic E-state index is 11.5. The highest BCUT2D eigenvalue weighted by molar-refractivity contribution is 5.94. The number of hydrogen-bond donors (Lipinski definition) is 1. The van der Waals surface area contributed by atoms with E-state index in [1.54, 1.807) is 6.07 Å². The van der Waals surface area contributed by atoms with Gasteiger partial charge in [-0.25, -0.2) is 4.68 Å². The first-order valence-corrected chi connectivity index (χ1v) is 7.07. The lowest BCUT2D eigenvalue weighted by molar-refractivity contribution is -0.384. The van der Waals surface area contributed by atoms with Gasteiger partial charge in [0.15, 0.2) is 0 Å². The minimum absolute atomic E-state index is 0.0791. The zero-order valence-electron chi connectivity index (χ0n) is 12.1. The molecule has 1 saturated heterocycles. The Labute approximate surface area is 126 Å². The molecule has 0 bridgehead atoms. The highest BCUT2D eigenvalue weighted by atomic mass is 16.6. The number of rotatable bonds is 2. The van der Waals surface area contributed by atoms with Crippen molar-refractivity contribution in [2.45, 2.75) is 25.9 Å². The molecule has 0 saturated carbocycles. The molecule has 0 aliphatic carbocycles. The Kier molecular flexibility index (Phi) is 3.53. The van der Waals surface area contributed by atoms with Gasteiger partial charge in [0.05, 0.1) is 22.7 Å². The molecule has 1 N–H and O–H groups in total. The summed E-state index contributed by atoms with van der Waals surface area (Å²) in [5, 5.41) is 25.8. The fraction of sp³-hybridized carbons (Fsp3) is 0.429. The van der Waals surface area contributed by atoms with Gasteiger partial charge in [-0.3, -0.25) is 14.9 Å². The van der Waals surface area contributed by atoms with Gasteiger partial charge in [0, 0.05) is 31.5 Å². The molecular formula is C14H16N4O4. The van der Waals surface area contributed by atoms with Gasteiger partial charge in [0.2, 0.25) is 5.91 Å². The third kappa shape index (κ3) is 2.41. The molecule has 8 nitrogen and oxygen atoms in total. The zero-order valence-corrected chi connectivity index (χ0v) is 12.1. The number of aromatic nitrogens is 2. The second-order valence-corrected chi connectivity index (χ2v) is 5.47. The van der Waals surface area contributed by atoms with Crippen molar-refractivity contribution in [1.82, 2.24) is 9.78 Å². The van der Waals surface area contributed by atoms with Gasteiger partial charge < -0.3 is 10.0 Å². The minimum atomic E-state index is -0.482. The van der Waals surface area contributed by atoms with Crippen LogP contribution in [0.25, 0.3) is 10.9 Å². The molecular weight excluding hydrogens is 288 g/mol. The van der Waals surface area contributed by atoms with E-state index in [0.29, 0.717) is 36.1 Å². The number of hydrogen-bond acceptors (Lipinski definition) is 6. The van der Waals surface area contributed by atoms with Crippen LogP contribution in [0.4, 0.5) is 11.4 Å². The van der Waals surface area contributed by atoms with Crippen molar-refractivity contribution < 1.29 is 14.8 Å². The van der Waals surface area contributed by atoms with Crippen LogP contribution < -0.4 is 4.90 Å². The van der Waals surface area contributed by atoms with Crippen LogP contribution in [0.1, 0.15) is 24.6 Å². The molecule has 1 unspecified atom stereocenters. The number of carbonyl (C=O) groups excluding carboxylic acids is 1. The first-order valence-electron chi connectivity index (χ1n) is 7.07. The van der Waals surface area contributed by atoms with Crippen LogP contribution in [-0.2, 0) is 0 Å². The van der Waals surface area contributed by atoms with E-state index in [0.717, 1.165) is 11.1 Å². The Morgan fingerprint density at radius 3 is 2.91 bits per heavy atom. The van der Waals surface area contributed by atoms with E-state index in [1.807, 2.05) is 4.90 Å². The number of nitro groups is 1. The molecule has 0 spiro atoms. The first kappa shape index (κ1) is 14.5. The normalized spacial score (nSPS) is 18.6. The van der Waals surface area contributed by atoms with Crippen molar-refractivity contribution in [3.63, 3.8) is 0 Å². The number of aliphatic hydroxyl groups excluding tert-OH is 1. The molecule has 0 amide bonds. The molecule has 1 aromatic carbocycles. The van der Waals surface area contributed by atoms with E-state index in [9.17, 15) is 20.0 Å². The topological polar surface area (TPSA) is 102 Å². The molecule has 22 heavy (non-hydrogen) atoms. The predicted octanol–water partition coefficient (Wildman–Crippen LogP) is 1.57. The van der Waals surface area contributed by atoms with Gasteiger partial charge in [0.1, 0.15) is 5.69 Å². The molecule has 1 aliphatic heterocycles. The van der Waals surface area contributed by atoms with Gasteiger partial charge in [-0.05, 0) is 18.9 Å². The smallest absolute Gasteiger partial charge is 0.294 e. The van der Waals surface area contributed by atoms with E-state index < -0.39 is 11.0 Å². The molecule has 3 rings (SSSR count). The Balaban J connectivity index is 2.14. The lowest BCUT2D eigenvalue weighted by Crippen LogP contribution is -2.38. The van der Waals surface area contributed by atoms with Crippen molar-refractivity contribution in [2.75, 3.05) is 18.0 Å². The average molecular weight is 304 g/mol. The molecule has 1 fully saturated rings. The van der Waals surface area contributed by atoms with Crippen molar-refractivity contribution in [3.05, 3.63) is 28.4 Å². The summed E-state index contributed by atoms with van der Waals surface area (Å²) in [7, 11) is 0. The van der Waals surface area contributed by atoms with Crippen molar-refractivity contribution in [3.8, 4) is 0 Å². The lowest BCUT2D eigenvalue weighted by Gasteiger charge is -2.31. The summed E-state index contributed by atoms with van der Waals surface area (Å²) < 4.78 is 1.15. The van der Waals surface area contributed by atoms with Gasteiger partial charge in [-0.15, -0.1) is 0 Å². The molecule has 2 heterocycles. The van der Waals surface area contributed by atoms with E-state index in [-0.39, 0.29) is 11.6 Å². The second-order valence-electron chi connectivity index (χ2n) is 5.47. The lowest BCUT2D eigenvalue weighted by atomic mass is 10.1. The number of β-amino-alcohol motifs (C(OH)–C–C–N with tert-alkyl or cyclic N) is 1. The van der Waals surface area contributed by atoms with Crippen LogP contribution in [0.2, 0.25) is 0 Å². The van der Waals surface area contributed by atoms with Gasteiger partial charge in [-0.2, -0.15) is 5.10 Å². The maximum Gasteiger partial charge on any atom is 0.294 e. The summed E-state index contributed by atoms with van der Waals surface area (Å²) in [5.74, 6) is -0.301. The molecule has 0 radical (unpaired) electrons. The SMILES string of the molecule is CC(=O)n1ncc2cc(N3CCCC(O)C3)c([N+](=O)[O-])cc21. The third-order valence-electron chi connectivity index (χ3n) is 3.90. The Hall–Kier alpha value is -2.48. The maximum atomic E-state index is 11.5. The number of carbonyl (C=O) groups is 1. The number of anilines is 1. The molecule has 1 aliphatic rings. The van der Waals surface area contributed by atoms with E-state index in [2.05, 4.69) is 5.10 Å². The molecule has 1 atom stereocenters. The number of aliphatic hydroxyl groups is 1. The quantitative estimate of drug-likeness (QED) is 0.667. The number of nitro benzene ring substituents is 1. The Morgan fingerprint density at radius 2 is 2.27 bits per heavy atom. The summed E-state index contributed by atoms with van der Waals surface area (Å²) in [6, 6.07) is 3.04. The Morgan fingerprint density at radius 1 is 1.50 bits per heavy atom. The van der Waals surface area contributed by atoms with Crippen molar-refractivity contribution in [2.24, 2.45) is 0 Å². The Bertz CT molecular complexity index is 755. The van der Waals surface area contributed by atoms with Gasteiger partial charge in [0.25, 0.3) is 5.69 Å². The van der Waals surface area contributed by atoms with E-state index in [1.165, 1.54) is 19.2 Å². The van der Waals surface area contributed by atoms with E-state index in [4.69, 9.17) is 0 Å². The van der Waals surface area contributed by atoms with Crippen LogP contribution in [-0.4, -0.2) is 44.9 Å². The molecule has 116 valence electrons. The number of nitrogens with zero attached hydrogens (tertiary/aromatic N) is 4. The average Bonchev–Trinajstić information content (AvgIpc) is 2.88. The summed E-state index contributed by atoms with van der Waals surface area (Å²) >= 11 is 0. The summed E-state index contributed by atoms with van der Waals surface area (Å²) in [6.07, 6.45) is 2.52.